The van der Waals surface area contributed by atoms with E-state index in [2.05, 4.69) is 10.6 Å². The Morgan fingerprint density at radius 2 is 1.83 bits per heavy atom. The number of nitrogens with zero attached hydrogens (tertiary/aromatic N) is 2. The van der Waals surface area contributed by atoms with Crippen LogP contribution in [0.1, 0.15) is 64.7 Å². The third kappa shape index (κ3) is 4.95. The number of rotatable bonds is 7. The van der Waals surface area contributed by atoms with Crippen molar-refractivity contribution in [2.75, 3.05) is 13.1 Å². The number of imide groups is 2. The third-order valence-electron chi connectivity index (χ3n) is 6.74. The molecule has 1 unspecified atom stereocenters. The van der Waals surface area contributed by atoms with Crippen molar-refractivity contribution in [3.8, 4) is 0 Å². The first kappa shape index (κ1) is 21.7. The van der Waals surface area contributed by atoms with Crippen LogP contribution in [0.4, 0.5) is 9.59 Å². The first-order valence-corrected chi connectivity index (χ1v) is 10.8. The molecule has 9 nitrogen and oxygen atoms in total. The van der Waals surface area contributed by atoms with Gasteiger partial charge in [-0.3, -0.25) is 10.0 Å². The number of hydroxylamine groups is 2. The first-order valence-electron chi connectivity index (χ1n) is 10.8. The summed E-state index contributed by atoms with van der Waals surface area (Å²) in [5, 5.41) is 15.4. The number of urea groups is 2. The zero-order valence-corrected chi connectivity index (χ0v) is 17.1. The minimum atomic E-state index is -0.647. The molecule has 9 heteroatoms. The van der Waals surface area contributed by atoms with Crippen LogP contribution in [0.2, 0.25) is 0 Å². The molecular weight excluding hydrogens is 376 g/mol. The number of likely N-dealkylation sites (tertiary alicyclic amines) is 1. The smallest absolute Gasteiger partial charge is 0.335 e. The molecule has 0 aromatic rings. The minimum Gasteiger partial charge on any atom is -0.335 e. The highest BCUT2D eigenvalue weighted by Gasteiger charge is 2.55. The number of amides is 6. The largest absolute Gasteiger partial charge is 0.432 e. The normalized spacial score (nSPS) is 28.0. The van der Waals surface area contributed by atoms with E-state index < -0.39 is 22.5 Å². The zero-order chi connectivity index (χ0) is 21.0. The van der Waals surface area contributed by atoms with E-state index in [-0.39, 0.29) is 30.9 Å². The summed E-state index contributed by atoms with van der Waals surface area (Å²) in [6, 6.07) is -1.32. The van der Waals surface area contributed by atoms with Crippen molar-refractivity contribution in [3.05, 3.63) is 0 Å². The Bertz CT molecular complexity index is 647. The van der Waals surface area contributed by atoms with E-state index in [0.29, 0.717) is 36.8 Å². The van der Waals surface area contributed by atoms with Crippen molar-refractivity contribution in [1.29, 1.82) is 0 Å². The van der Waals surface area contributed by atoms with Crippen molar-refractivity contribution in [1.82, 2.24) is 15.7 Å². The molecule has 162 valence electrons. The second-order valence-electron chi connectivity index (χ2n) is 8.91. The van der Waals surface area contributed by atoms with Crippen LogP contribution in [0, 0.1) is 11.8 Å². The molecule has 1 aliphatic heterocycles. The van der Waals surface area contributed by atoms with E-state index in [1.165, 1.54) is 0 Å². The van der Waals surface area contributed by atoms with E-state index in [4.69, 9.17) is 0 Å². The molecule has 2 aliphatic carbocycles. The van der Waals surface area contributed by atoms with Gasteiger partial charge in [0, 0.05) is 18.9 Å². The van der Waals surface area contributed by atoms with Crippen LogP contribution < -0.4 is 10.6 Å². The molecule has 3 atom stereocenters. The summed E-state index contributed by atoms with van der Waals surface area (Å²) in [6.45, 7) is 2.05. The summed E-state index contributed by atoms with van der Waals surface area (Å²) in [6.07, 6.45) is 8.29. The Morgan fingerprint density at radius 1 is 1.14 bits per heavy atom. The van der Waals surface area contributed by atoms with Crippen molar-refractivity contribution in [2.45, 2.75) is 76.8 Å². The molecule has 1 heterocycles. The summed E-state index contributed by atoms with van der Waals surface area (Å²) < 4.78 is -0.442. The molecule has 3 aliphatic rings. The van der Waals surface area contributed by atoms with Crippen LogP contribution >= 0.6 is 0 Å². The van der Waals surface area contributed by atoms with Crippen LogP contribution in [-0.4, -0.2) is 64.3 Å². The molecule has 1 saturated heterocycles. The number of hydrogen-bond donors (Lipinski definition) is 3. The maximum Gasteiger partial charge on any atom is 0.432 e. The number of nitrogens with one attached hydrogen (secondary N) is 2. The van der Waals surface area contributed by atoms with Gasteiger partial charge in [-0.1, -0.05) is 25.7 Å². The first-order chi connectivity index (χ1) is 13.9. The van der Waals surface area contributed by atoms with Gasteiger partial charge in [-0.25, -0.2) is 24.8 Å². The molecule has 2 saturated carbocycles. The SMILES string of the molecule is C[C@@H]1CCC[N+]1(C(=O)NC(=O)NC1CC1)C(=O)[C@H](CC1CCCC1)CN(O)C=O. The minimum absolute atomic E-state index is 0.105. The zero-order valence-electron chi connectivity index (χ0n) is 17.1. The molecular formula is C20H33N4O5+. The van der Waals surface area contributed by atoms with E-state index in [1.807, 2.05) is 6.92 Å². The molecule has 0 spiro atoms. The summed E-state index contributed by atoms with van der Waals surface area (Å²) in [4.78, 5) is 50.0. The van der Waals surface area contributed by atoms with E-state index in [1.54, 1.807) is 0 Å². The molecule has 3 rings (SSSR count). The lowest BCUT2D eigenvalue weighted by Crippen LogP contribution is -2.66. The second-order valence-corrected chi connectivity index (χ2v) is 8.91. The van der Waals surface area contributed by atoms with Crippen LogP contribution in [0.5, 0.6) is 0 Å². The summed E-state index contributed by atoms with van der Waals surface area (Å²) >= 11 is 0. The predicted molar refractivity (Wildman–Crippen MR) is 104 cm³/mol. The quantitative estimate of drug-likeness (QED) is 0.258. The van der Waals surface area contributed by atoms with Gasteiger partial charge < -0.3 is 5.32 Å². The van der Waals surface area contributed by atoms with Crippen LogP contribution in [0.3, 0.4) is 0 Å². The average molecular weight is 410 g/mol. The van der Waals surface area contributed by atoms with Gasteiger partial charge >= 0.3 is 18.0 Å². The van der Waals surface area contributed by atoms with Crippen molar-refractivity contribution in [2.24, 2.45) is 11.8 Å². The Morgan fingerprint density at radius 3 is 2.38 bits per heavy atom. The molecule has 0 aromatic carbocycles. The fourth-order valence-corrected chi connectivity index (χ4v) is 4.95. The monoisotopic (exact) mass is 409 g/mol. The highest BCUT2D eigenvalue weighted by atomic mass is 16.5. The van der Waals surface area contributed by atoms with Gasteiger partial charge in [0.25, 0.3) is 0 Å². The van der Waals surface area contributed by atoms with Crippen LogP contribution in [-0.2, 0) is 9.59 Å². The fourth-order valence-electron chi connectivity index (χ4n) is 4.95. The fraction of sp³-hybridized carbons (Fsp3) is 0.800. The van der Waals surface area contributed by atoms with Gasteiger partial charge in [-0.2, -0.15) is 4.48 Å². The van der Waals surface area contributed by atoms with Crippen molar-refractivity contribution >= 4 is 24.4 Å². The second kappa shape index (κ2) is 9.21. The van der Waals surface area contributed by atoms with Gasteiger partial charge in [0.05, 0.1) is 19.0 Å². The molecule has 0 radical (unpaired) electrons. The number of quaternary nitrogens is 1. The van der Waals surface area contributed by atoms with E-state index in [0.717, 1.165) is 38.5 Å². The van der Waals surface area contributed by atoms with E-state index >= 15 is 0 Å². The average Bonchev–Trinajstić information content (AvgIpc) is 3.18. The molecule has 3 fully saturated rings. The van der Waals surface area contributed by atoms with Gasteiger partial charge in [0.15, 0.2) is 0 Å². The van der Waals surface area contributed by atoms with Crippen molar-refractivity contribution in [3.63, 3.8) is 0 Å². The van der Waals surface area contributed by atoms with E-state index in [9.17, 15) is 24.4 Å². The maximum absolute atomic E-state index is 13.7. The lowest BCUT2D eigenvalue weighted by atomic mass is 9.91. The molecule has 0 aromatic heterocycles. The Balaban J connectivity index is 1.79. The van der Waals surface area contributed by atoms with Crippen LogP contribution in [0.15, 0.2) is 0 Å². The highest BCUT2D eigenvalue weighted by molar-refractivity contribution is 5.95. The Hall–Kier alpha value is -2.00. The van der Waals surface area contributed by atoms with Gasteiger partial charge in [-0.05, 0) is 32.1 Å². The lowest BCUT2D eigenvalue weighted by Gasteiger charge is -2.36. The van der Waals surface area contributed by atoms with Gasteiger partial charge in [0.1, 0.15) is 6.04 Å². The van der Waals surface area contributed by atoms with Crippen LogP contribution in [0.25, 0.3) is 0 Å². The molecule has 29 heavy (non-hydrogen) atoms. The predicted octanol–water partition coefficient (Wildman–Crippen LogP) is 2.14. The third-order valence-corrected chi connectivity index (χ3v) is 6.74. The number of hydrogen-bond acceptors (Lipinski definition) is 5. The summed E-state index contributed by atoms with van der Waals surface area (Å²) in [5.41, 5.74) is 0. The van der Waals surface area contributed by atoms with Gasteiger partial charge in [0.2, 0.25) is 6.41 Å². The lowest BCUT2D eigenvalue weighted by molar-refractivity contribution is -0.786. The molecule has 0 bridgehead atoms. The molecule has 3 N–H and O–H groups in total. The standard InChI is InChI=1S/C20H32N4O5/c1-14-5-4-10-24(14,20(28)22-19(27)21-17-8-9-17)18(26)16(12-23(29)13-25)11-15-6-2-3-7-15/h13-17,29H,2-12H2,1H3,(H-,21,22,27,28)/p+1/t14-,16-,24?/m1/s1. The summed E-state index contributed by atoms with van der Waals surface area (Å²) in [5.74, 6) is -0.603. The Kier molecular flexibility index (Phi) is 6.89. The van der Waals surface area contributed by atoms with Crippen molar-refractivity contribution < 1.29 is 28.9 Å². The maximum atomic E-state index is 13.7. The Labute approximate surface area is 171 Å². The number of carbonyl (C=O) groups excluding carboxylic acids is 4. The number of carbonyl (C=O) groups is 4. The molecule has 6 amide bonds. The van der Waals surface area contributed by atoms with Gasteiger partial charge in [-0.15, -0.1) is 0 Å². The highest BCUT2D eigenvalue weighted by Crippen LogP contribution is 2.35. The topological polar surface area (TPSA) is 116 Å². The summed E-state index contributed by atoms with van der Waals surface area (Å²) in [7, 11) is 0.